The van der Waals surface area contributed by atoms with Gasteiger partial charge in [-0.1, -0.05) is 13.8 Å². The third kappa shape index (κ3) is 2.00. The summed E-state index contributed by atoms with van der Waals surface area (Å²) in [5.41, 5.74) is 1.09. The van der Waals surface area contributed by atoms with E-state index in [9.17, 15) is 4.79 Å². The van der Waals surface area contributed by atoms with Crippen molar-refractivity contribution >= 4 is 11.0 Å². The Hall–Kier alpha value is -1.81. The van der Waals surface area contributed by atoms with E-state index in [0.717, 1.165) is 16.7 Å². The summed E-state index contributed by atoms with van der Waals surface area (Å²) in [5.74, 6) is 1.06. The molecule has 2 unspecified atom stereocenters. The Morgan fingerprint density at radius 2 is 2.00 bits per heavy atom. The van der Waals surface area contributed by atoms with Crippen LogP contribution in [0, 0.1) is 5.92 Å². The molecule has 3 rings (SSSR count). The fourth-order valence-electron chi connectivity index (χ4n) is 2.72. The molecule has 0 radical (unpaired) electrons. The molecule has 0 N–H and O–H groups in total. The molecule has 4 nitrogen and oxygen atoms in total. The third-order valence-electron chi connectivity index (χ3n) is 3.64. The van der Waals surface area contributed by atoms with Crippen LogP contribution in [0.15, 0.2) is 33.5 Å². The van der Waals surface area contributed by atoms with Crippen molar-refractivity contribution in [3.63, 3.8) is 0 Å². The van der Waals surface area contributed by atoms with Crippen LogP contribution >= 0.6 is 0 Å². The zero-order valence-electron chi connectivity index (χ0n) is 11.9. The smallest absolute Gasteiger partial charge is 0.336 e. The third-order valence-corrected chi connectivity index (χ3v) is 3.64. The van der Waals surface area contributed by atoms with Gasteiger partial charge in [-0.2, -0.15) is 0 Å². The normalized spacial score (nSPS) is 21.2. The second-order valence-corrected chi connectivity index (χ2v) is 5.35. The largest absolute Gasteiger partial charge is 0.487 e. The predicted octanol–water partition coefficient (Wildman–Crippen LogP) is 3.29. The zero-order chi connectivity index (χ0) is 14.3. The molecule has 0 saturated heterocycles. The SMILES string of the molecule is CCOC1c2c(ccc3ccc(=O)oc23)OC1C(C)C. The Labute approximate surface area is 117 Å². The molecule has 2 heterocycles. The summed E-state index contributed by atoms with van der Waals surface area (Å²) in [5, 5.41) is 0.890. The molecule has 20 heavy (non-hydrogen) atoms. The van der Waals surface area contributed by atoms with Gasteiger partial charge in [-0.25, -0.2) is 4.79 Å². The van der Waals surface area contributed by atoms with Crippen molar-refractivity contribution in [1.29, 1.82) is 0 Å². The van der Waals surface area contributed by atoms with Gasteiger partial charge in [0.2, 0.25) is 0 Å². The Morgan fingerprint density at radius 1 is 1.25 bits per heavy atom. The minimum atomic E-state index is -0.353. The van der Waals surface area contributed by atoms with Crippen molar-refractivity contribution < 1.29 is 13.9 Å². The first-order valence-electron chi connectivity index (χ1n) is 6.97. The van der Waals surface area contributed by atoms with Crippen molar-refractivity contribution in [3.8, 4) is 5.75 Å². The number of hydrogen-bond donors (Lipinski definition) is 0. The summed E-state index contributed by atoms with van der Waals surface area (Å²) in [7, 11) is 0. The first-order chi connectivity index (χ1) is 9.61. The standard InChI is InChI=1S/C16H18O4/c1-4-18-16-13-11(19-14(16)9(2)3)7-5-10-6-8-12(17)20-15(10)13/h5-9,14,16H,4H2,1-3H3. The lowest BCUT2D eigenvalue weighted by molar-refractivity contribution is -0.0173. The summed E-state index contributed by atoms with van der Waals surface area (Å²) in [6.07, 6.45) is -0.245. The Kier molecular flexibility index (Phi) is 3.26. The highest BCUT2D eigenvalue weighted by molar-refractivity contribution is 5.83. The molecule has 0 spiro atoms. The lowest BCUT2D eigenvalue weighted by Crippen LogP contribution is -2.26. The summed E-state index contributed by atoms with van der Waals surface area (Å²) in [6.45, 7) is 6.74. The monoisotopic (exact) mass is 274 g/mol. The van der Waals surface area contributed by atoms with E-state index in [1.165, 1.54) is 6.07 Å². The highest BCUT2D eigenvalue weighted by Gasteiger charge is 2.39. The fraction of sp³-hybridized carbons (Fsp3) is 0.438. The Balaban J connectivity index is 2.22. The van der Waals surface area contributed by atoms with E-state index >= 15 is 0 Å². The molecule has 106 valence electrons. The van der Waals surface area contributed by atoms with Crippen LogP contribution in [0.5, 0.6) is 5.75 Å². The molecule has 1 aliphatic rings. The van der Waals surface area contributed by atoms with Crippen LogP contribution in [0.3, 0.4) is 0 Å². The predicted molar refractivity (Wildman–Crippen MR) is 76.1 cm³/mol. The summed E-state index contributed by atoms with van der Waals surface area (Å²) < 4.78 is 17.3. The van der Waals surface area contributed by atoms with E-state index in [-0.39, 0.29) is 17.8 Å². The molecule has 0 fully saturated rings. The maximum atomic E-state index is 11.5. The van der Waals surface area contributed by atoms with Gasteiger partial charge in [0.1, 0.15) is 23.5 Å². The van der Waals surface area contributed by atoms with Crippen LogP contribution in [0.25, 0.3) is 11.0 Å². The molecule has 0 amide bonds. The van der Waals surface area contributed by atoms with Crippen molar-refractivity contribution in [2.75, 3.05) is 6.61 Å². The Bertz CT molecular complexity index is 686. The van der Waals surface area contributed by atoms with Crippen LogP contribution in [-0.4, -0.2) is 12.7 Å². The number of ether oxygens (including phenoxy) is 2. The van der Waals surface area contributed by atoms with E-state index in [1.807, 2.05) is 19.1 Å². The van der Waals surface area contributed by atoms with Crippen LogP contribution in [0.4, 0.5) is 0 Å². The quantitative estimate of drug-likeness (QED) is 0.806. The van der Waals surface area contributed by atoms with Gasteiger partial charge in [0.05, 0.1) is 5.56 Å². The number of rotatable bonds is 3. The molecule has 1 aliphatic heterocycles. The van der Waals surface area contributed by atoms with Gasteiger partial charge in [0.15, 0.2) is 0 Å². The average molecular weight is 274 g/mol. The second kappa shape index (κ2) is 4.94. The maximum Gasteiger partial charge on any atom is 0.336 e. The van der Waals surface area contributed by atoms with Crippen molar-refractivity contribution in [2.45, 2.75) is 33.0 Å². The lowest BCUT2D eigenvalue weighted by Gasteiger charge is -2.22. The van der Waals surface area contributed by atoms with Gasteiger partial charge in [0.25, 0.3) is 0 Å². The minimum absolute atomic E-state index is 0.0546. The molecular weight excluding hydrogens is 256 g/mol. The molecular formula is C16H18O4. The van der Waals surface area contributed by atoms with Gasteiger partial charge in [0, 0.05) is 18.1 Å². The van der Waals surface area contributed by atoms with Gasteiger partial charge < -0.3 is 13.9 Å². The topological polar surface area (TPSA) is 48.7 Å². The zero-order valence-corrected chi connectivity index (χ0v) is 11.9. The second-order valence-electron chi connectivity index (χ2n) is 5.35. The van der Waals surface area contributed by atoms with Crippen molar-refractivity contribution in [1.82, 2.24) is 0 Å². The van der Waals surface area contributed by atoms with Crippen LogP contribution in [0.1, 0.15) is 32.4 Å². The molecule has 1 aromatic carbocycles. The van der Waals surface area contributed by atoms with E-state index in [2.05, 4.69) is 13.8 Å². The van der Waals surface area contributed by atoms with Crippen LogP contribution in [-0.2, 0) is 4.74 Å². The first-order valence-corrected chi connectivity index (χ1v) is 6.97. The van der Waals surface area contributed by atoms with E-state index in [4.69, 9.17) is 13.9 Å². The number of fused-ring (bicyclic) bond motifs is 3. The molecule has 4 heteroatoms. The van der Waals surface area contributed by atoms with E-state index in [1.54, 1.807) is 6.07 Å². The maximum absolute atomic E-state index is 11.5. The van der Waals surface area contributed by atoms with E-state index < -0.39 is 0 Å². The molecule has 0 aliphatic carbocycles. The van der Waals surface area contributed by atoms with Crippen molar-refractivity contribution in [2.24, 2.45) is 5.92 Å². The molecule has 2 atom stereocenters. The summed E-state index contributed by atoms with van der Waals surface area (Å²) in [4.78, 5) is 11.5. The van der Waals surface area contributed by atoms with Gasteiger partial charge in [-0.15, -0.1) is 0 Å². The highest BCUT2D eigenvalue weighted by atomic mass is 16.6. The van der Waals surface area contributed by atoms with E-state index in [0.29, 0.717) is 18.1 Å². The summed E-state index contributed by atoms with van der Waals surface area (Å²) in [6, 6.07) is 7.03. The first kappa shape index (κ1) is 13.2. The van der Waals surface area contributed by atoms with Crippen molar-refractivity contribution in [3.05, 3.63) is 40.2 Å². The molecule has 1 aromatic heterocycles. The molecule has 0 bridgehead atoms. The lowest BCUT2D eigenvalue weighted by atomic mass is 9.97. The van der Waals surface area contributed by atoms with Gasteiger partial charge in [-0.3, -0.25) is 0 Å². The van der Waals surface area contributed by atoms with Crippen LogP contribution < -0.4 is 10.4 Å². The fourth-order valence-corrected chi connectivity index (χ4v) is 2.72. The number of hydrogen-bond acceptors (Lipinski definition) is 4. The highest BCUT2D eigenvalue weighted by Crippen LogP contribution is 2.45. The number of benzene rings is 1. The van der Waals surface area contributed by atoms with Crippen LogP contribution in [0.2, 0.25) is 0 Å². The Morgan fingerprint density at radius 3 is 2.70 bits per heavy atom. The van der Waals surface area contributed by atoms with Gasteiger partial charge >= 0.3 is 5.63 Å². The minimum Gasteiger partial charge on any atom is -0.487 e. The van der Waals surface area contributed by atoms with Gasteiger partial charge in [-0.05, 0) is 31.0 Å². The summed E-state index contributed by atoms with van der Waals surface area (Å²) >= 11 is 0. The molecule has 2 aromatic rings. The average Bonchev–Trinajstić information content (AvgIpc) is 2.78. The molecule has 0 saturated carbocycles.